The van der Waals surface area contributed by atoms with Gasteiger partial charge in [0.25, 0.3) is 0 Å². The van der Waals surface area contributed by atoms with Crippen LogP contribution < -0.4 is 0 Å². The quantitative estimate of drug-likeness (QED) is 0.470. The molecule has 0 aliphatic carbocycles. The first kappa shape index (κ1) is 15.4. The second kappa shape index (κ2) is 14.4. The van der Waals surface area contributed by atoms with Gasteiger partial charge in [0.2, 0.25) is 0 Å². The van der Waals surface area contributed by atoms with E-state index in [9.17, 15) is 0 Å². The first-order valence-electron chi connectivity index (χ1n) is 5.37. The fourth-order valence-electron chi connectivity index (χ4n) is 0.803. The summed E-state index contributed by atoms with van der Waals surface area (Å²) in [7, 11) is 1.63. The van der Waals surface area contributed by atoms with Gasteiger partial charge in [-0.3, -0.25) is 0 Å². The largest absolute Gasteiger partial charge is 0.356 e. The van der Waals surface area contributed by atoms with Gasteiger partial charge in [-0.25, -0.2) is 0 Å². The van der Waals surface area contributed by atoms with E-state index >= 15 is 0 Å². The van der Waals surface area contributed by atoms with E-state index in [-0.39, 0.29) is 6.29 Å². The lowest BCUT2D eigenvalue weighted by atomic mass is 10.2. The number of methoxy groups -OCH3 is 1. The summed E-state index contributed by atoms with van der Waals surface area (Å²) >= 11 is 0. The van der Waals surface area contributed by atoms with Gasteiger partial charge in [-0.15, -0.1) is 0 Å². The number of rotatable bonds is 6. The highest BCUT2D eigenvalue weighted by atomic mass is 16.7. The molecule has 13 heavy (non-hydrogen) atoms. The Labute approximate surface area is 83.6 Å². The summed E-state index contributed by atoms with van der Waals surface area (Å²) in [4.78, 5) is 0. The minimum absolute atomic E-state index is 0.0509. The molecule has 1 atom stereocenters. The average molecular weight is 190 g/mol. The second-order valence-corrected chi connectivity index (χ2v) is 2.97. The van der Waals surface area contributed by atoms with Crippen LogP contribution in [0.2, 0.25) is 0 Å². The van der Waals surface area contributed by atoms with Crippen molar-refractivity contribution >= 4 is 0 Å². The van der Waals surface area contributed by atoms with Gasteiger partial charge in [-0.1, -0.05) is 39.5 Å². The molecule has 0 aliphatic heterocycles. The lowest BCUT2D eigenvalue weighted by Crippen LogP contribution is -2.08. The molecular weight excluding hydrogens is 164 g/mol. The fourth-order valence-corrected chi connectivity index (χ4v) is 0.803. The third-order valence-corrected chi connectivity index (χ3v) is 1.69. The molecule has 0 amide bonds. The smallest absolute Gasteiger partial charge is 0.154 e. The molecule has 0 fully saturated rings. The second-order valence-electron chi connectivity index (χ2n) is 2.97. The highest BCUT2D eigenvalue weighted by molar-refractivity contribution is 4.31. The van der Waals surface area contributed by atoms with Crippen molar-refractivity contribution in [3.63, 3.8) is 0 Å². The van der Waals surface area contributed by atoms with E-state index in [1.54, 1.807) is 7.11 Å². The molecule has 82 valence electrons. The summed E-state index contributed by atoms with van der Waals surface area (Å²) in [6.45, 7) is 8.99. The maximum atomic E-state index is 4.97. The summed E-state index contributed by atoms with van der Waals surface area (Å²) in [5.74, 6) is 0. The third-order valence-electron chi connectivity index (χ3n) is 1.69. The SMILES string of the molecule is CCCCCC.CCOC(C)OC. The van der Waals surface area contributed by atoms with Gasteiger partial charge in [0.1, 0.15) is 0 Å². The number of unbranched alkanes of at least 4 members (excludes halogenated alkanes) is 3. The van der Waals surface area contributed by atoms with E-state index < -0.39 is 0 Å². The molecule has 2 heteroatoms. The van der Waals surface area contributed by atoms with Gasteiger partial charge < -0.3 is 9.47 Å². The molecule has 1 unspecified atom stereocenters. The minimum Gasteiger partial charge on any atom is -0.356 e. The molecule has 2 nitrogen and oxygen atoms in total. The van der Waals surface area contributed by atoms with E-state index in [0.29, 0.717) is 0 Å². The van der Waals surface area contributed by atoms with Crippen LogP contribution >= 0.6 is 0 Å². The van der Waals surface area contributed by atoms with E-state index in [0.717, 1.165) is 6.61 Å². The number of ether oxygens (including phenoxy) is 2. The zero-order chi connectivity index (χ0) is 10.5. The van der Waals surface area contributed by atoms with Crippen molar-refractivity contribution in [3.8, 4) is 0 Å². The topological polar surface area (TPSA) is 18.5 Å². The Morgan fingerprint density at radius 2 is 1.46 bits per heavy atom. The molecule has 0 heterocycles. The van der Waals surface area contributed by atoms with Crippen molar-refractivity contribution in [2.45, 2.75) is 59.7 Å². The molecule has 0 aromatic rings. The Balaban J connectivity index is 0. The van der Waals surface area contributed by atoms with E-state index in [2.05, 4.69) is 13.8 Å². The predicted molar refractivity (Wildman–Crippen MR) is 57.9 cm³/mol. The van der Waals surface area contributed by atoms with Crippen molar-refractivity contribution in [1.82, 2.24) is 0 Å². The zero-order valence-electron chi connectivity index (χ0n) is 9.93. The monoisotopic (exact) mass is 190 g/mol. The van der Waals surface area contributed by atoms with Gasteiger partial charge in [0.05, 0.1) is 0 Å². The molecule has 0 saturated heterocycles. The Kier molecular flexibility index (Phi) is 17.1. The van der Waals surface area contributed by atoms with Crippen LogP contribution in [0.1, 0.15) is 53.4 Å². The van der Waals surface area contributed by atoms with Crippen LogP contribution in [0.5, 0.6) is 0 Å². The van der Waals surface area contributed by atoms with Gasteiger partial charge in [-0.2, -0.15) is 0 Å². The Bertz CT molecular complexity index is 70.5. The lowest BCUT2D eigenvalue weighted by Gasteiger charge is -2.06. The molecule has 0 radical (unpaired) electrons. The van der Waals surface area contributed by atoms with Crippen molar-refractivity contribution in [1.29, 1.82) is 0 Å². The van der Waals surface area contributed by atoms with Crippen LogP contribution in [-0.2, 0) is 9.47 Å². The van der Waals surface area contributed by atoms with Crippen molar-refractivity contribution in [2.75, 3.05) is 13.7 Å². The average Bonchev–Trinajstić information content (AvgIpc) is 2.16. The first-order valence-corrected chi connectivity index (χ1v) is 5.37. The Hall–Kier alpha value is -0.0800. The maximum absolute atomic E-state index is 4.97. The van der Waals surface area contributed by atoms with Crippen LogP contribution in [0.4, 0.5) is 0 Å². The van der Waals surface area contributed by atoms with Crippen LogP contribution in [0.15, 0.2) is 0 Å². The molecule has 0 N–H and O–H groups in total. The van der Waals surface area contributed by atoms with Crippen molar-refractivity contribution < 1.29 is 9.47 Å². The summed E-state index contributed by atoms with van der Waals surface area (Å²) < 4.78 is 9.74. The van der Waals surface area contributed by atoms with Crippen molar-refractivity contribution in [2.24, 2.45) is 0 Å². The van der Waals surface area contributed by atoms with Crippen molar-refractivity contribution in [3.05, 3.63) is 0 Å². The van der Waals surface area contributed by atoms with Crippen LogP contribution in [0, 0.1) is 0 Å². The molecule has 0 aromatic carbocycles. The molecule has 0 aliphatic rings. The van der Waals surface area contributed by atoms with E-state index in [1.807, 2.05) is 13.8 Å². The summed E-state index contributed by atoms with van der Waals surface area (Å²) in [6.07, 6.45) is 5.49. The summed E-state index contributed by atoms with van der Waals surface area (Å²) in [6, 6.07) is 0. The minimum atomic E-state index is -0.0509. The van der Waals surface area contributed by atoms with E-state index in [1.165, 1.54) is 25.7 Å². The van der Waals surface area contributed by atoms with Gasteiger partial charge in [-0.05, 0) is 13.8 Å². The lowest BCUT2D eigenvalue weighted by molar-refractivity contribution is -0.106. The number of hydrogen-bond acceptors (Lipinski definition) is 2. The molecule has 0 saturated carbocycles. The first-order chi connectivity index (χ1) is 6.22. The molecular formula is C11H26O2. The van der Waals surface area contributed by atoms with Crippen LogP contribution in [0.25, 0.3) is 0 Å². The molecule has 0 rings (SSSR count). The highest BCUT2D eigenvalue weighted by Gasteiger charge is 1.91. The zero-order valence-corrected chi connectivity index (χ0v) is 9.93. The third kappa shape index (κ3) is 18.7. The summed E-state index contributed by atoms with van der Waals surface area (Å²) in [5.41, 5.74) is 0. The maximum Gasteiger partial charge on any atom is 0.154 e. The van der Waals surface area contributed by atoms with Crippen LogP contribution in [0.3, 0.4) is 0 Å². The van der Waals surface area contributed by atoms with Gasteiger partial charge in [0, 0.05) is 13.7 Å². The van der Waals surface area contributed by atoms with Crippen LogP contribution in [-0.4, -0.2) is 20.0 Å². The molecule has 0 spiro atoms. The number of hydrogen-bond donors (Lipinski definition) is 0. The highest BCUT2D eigenvalue weighted by Crippen LogP contribution is 1.95. The normalized spacial score (nSPS) is 11.8. The van der Waals surface area contributed by atoms with E-state index in [4.69, 9.17) is 9.47 Å². The Morgan fingerprint density at radius 3 is 1.62 bits per heavy atom. The van der Waals surface area contributed by atoms with Gasteiger partial charge >= 0.3 is 0 Å². The predicted octanol–water partition coefficient (Wildman–Crippen LogP) is 3.60. The standard InChI is InChI=1S/C6H14.C5H12O2/c1-3-5-6-4-2;1-4-7-5(2)6-3/h3-6H2,1-2H3;5H,4H2,1-3H3. The van der Waals surface area contributed by atoms with Gasteiger partial charge in [0.15, 0.2) is 6.29 Å². The molecule has 0 aromatic heterocycles. The molecule has 0 bridgehead atoms. The Morgan fingerprint density at radius 1 is 1.00 bits per heavy atom. The fraction of sp³-hybridized carbons (Fsp3) is 1.00. The summed E-state index contributed by atoms with van der Waals surface area (Å²) in [5, 5.41) is 0.